The Hall–Kier alpha value is -3.11. The number of pyridine rings is 1. The SMILES string of the molecule is Cc1ccc(-c2ncc([C@H](C)Nc3nc(C)cc(N4C(=O)OC[C@@H]4[C@@H](C)OC(C)(C)C)n3)s2)cn1. The summed E-state index contributed by atoms with van der Waals surface area (Å²) in [7, 11) is 0. The fraction of sp³-hybridized carbons (Fsp3) is 0.480. The number of nitrogens with zero attached hydrogens (tertiary/aromatic N) is 5. The van der Waals surface area contributed by atoms with Crippen molar-refractivity contribution in [2.45, 2.75) is 72.3 Å². The van der Waals surface area contributed by atoms with Crippen LogP contribution in [0.15, 0.2) is 30.6 Å². The van der Waals surface area contributed by atoms with Gasteiger partial charge in [0.25, 0.3) is 0 Å². The number of ether oxygens (including phenoxy) is 2. The van der Waals surface area contributed by atoms with Crippen LogP contribution in [0, 0.1) is 13.8 Å². The first-order valence-electron chi connectivity index (χ1n) is 11.6. The Kier molecular flexibility index (Phi) is 7.05. The summed E-state index contributed by atoms with van der Waals surface area (Å²) in [4.78, 5) is 33.4. The number of cyclic esters (lactones) is 1. The summed E-state index contributed by atoms with van der Waals surface area (Å²) in [6.07, 6.45) is 3.02. The highest BCUT2D eigenvalue weighted by Gasteiger charge is 2.40. The Labute approximate surface area is 210 Å². The second-order valence-corrected chi connectivity index (χ2v) is 10.8. The molecular formula is C25H32N6O3S. The van der Waals surface area contributed by atoms with Crippen molar-refractivity contribution >= 4 is 29.2 Å². The molecular weight excluding hydrogens is 464 g/mol. The minimum absolute atomic E-state index is 0.0845. The second kappa shape index (κ2) is 9.87. The molecule has 3 aromatic rings. The summed E-state index contributed by atoms with van der Waals surface area (Å²) in [5, 5.41) is 4.26. The van der Waals surface area contributed by atoms with Gasteiger partial charge in [0, 0.05) is 40.3 Å². The van der Waals surface area contributed by atoms with Crippen LogP contribution in [0.25, 0.3) is 10.6 Å². The maximum absolute atomic E-state index is 12.6. The van der Waals surface area contributed by atoms with Crippen molar-refractivity contribution < 1.29 is 14.3 Å². The lowest BCUT2D eigenvalue weighted by atomic mass is 10.1. The average Bonchev–Trinajstić information content (AvgIpc) is 3.40. The molecule has 1 saturated heterocycles. The van der Waals surface area contributed by atoms with Crippen molar-refractivity contribution in [1.82, 2.24) is 19.9 Å². The number of nitrogens with one attached hydrogen (secondary N) is 1. The molecule has 0 aliphatic carbocycles. The molecule has 0 saturated carbocycles. The van der Waals surface area contributed by atoms with Crippen LogP contribution >= 0.6 is 11.3 Å². The Bertz CT molecular complexity index is 1190. The highest BCUT2D eigenvalue weighted by atomic mass is 32.1. The lowest BCUT2D eigenvalue weighted by Crippen LogP contribution is -2.45. The van der Waals surface area contributed by atoms with Crippen LogP contribution in [-0.4, -0.2) is 50.4 Å². The molecule has 9 nitrogen and oxygen atoms in total. The van der Waals surface area contributed by atoms with Crippen molar-refractivity contribution in [3.05, 3.63) is 46.9 Å². The zero-order valence-electron chi connectivity index (χ0n) is 21.2. The molecule has 186 valence electrons. The summed E-state index contributed by atoms with van der Waals surface area (Å²) in [6, 6.07) is 5.42. The minimum atomic E-state index is -0.435. The van der Waals surface area contributed by atoms with Gasteiger partial charge in [-0.2, -0.15) is 4.98 Å². The molecule has 4 rings (SSSR count). The van der Waals surface area contributed by atoms with Gasteiger partial charge in [-0.3, -0.25) is 9.88 Å². The van der Waals surface area contributed by atoms with Crippen molar-refractivity contribution in [2.75, 3.05) is 16.8 Å². The normalized spacial score (nSPS) is 17.9. The molecule has 0 bridgehead atoms. The highest BCUT2D eigenvalue weighted by molar-refractivity contribution is 7.15. The van der Waals surface area contributed by atoms with Crippen LogP contribution in [0.3, 0.4) is 0 Å². The Morgan fingerprint density at radius 1 is 1.14 bits per heavy atom. The first kappa shape index (κ1) is 25.0. The fourth-order valence-electron chi connectivity index (χ4n) is 3.90. The minimum Gasteiger partial charge on any atom is -0.447 e. The van der Waals surface area contributed by atoms with Crippen LogP contribution in [0.4, 0.5) is 16.6 Å². The third kappa shape index (κ3) is 5.94. The number of aromatic nitrogens is 4. The van der Waals surface area contributed by atoms with Gasteiger partial charge >= 0.3 is 6.09 Å². The topological polar surface area (TPSA) is 102 Å². The Morgan fingerprint density at radius 3 is 2.60 bits per heavy atom. The van der Waals surface area contributed by atoms with Crippen LogP contribution in [0.5, 0.6) is 0 Å². The van der Waals surface area contributed by atoms with Gasteiger partial charge in [-0.05, 0) is 60.6 Å². The molecule has 1 N–H and O–H groups in total. The number of amides is 1. The molecule has 0 spiro atoms. The van der Waals surface area contributed by atoms with Gasteiger partial charge < -0.3 is 14.8 Å². The first-order chi connectivity index (χ1) is 16.5. The summed E-state index contributed by atoms with van der Waals surface area (Å²) in [5.74, 6) is 0.919. The van der Waals surface area contributed by atoms with E-state index in [2.05, 4.69) is 25.3 Å². The molecule has 3 atom stereocenters. The third-order valence-electron chi connectivity index (χ3n) is 5.53. The van der Waals surface area contributed by atoms with Gasteiger partial charge in [0.15, 0.2) is 0 Å². The smallest absolute Gasteiger partial charge is 0.416 e. The maximum Gasteiger partial charge on any atom is 0.416 e. The van der Waals surface area contributed by atoms with Gasteiger partial charge in [-0.15, -0.1) is 11.3 Å². The van der Waals surface area contributed by atoms with Crippen molar-refractivity contribution in [2.24, 2.45) is 0 Å². The molecule has 35 heavy (non-hydrogen) atoms. The second-order valence-electron chi connectivity index (χ2n) is 9.76. The number of hydrogen-bond donors (Lipinski definition) is 1. The molecule has 10 heteroatoms. The lowest BCUT2D eigenvalue weighted by molar-refractivity contribution is -0.0618. The van der Waals surface area contributed by atoms with Crippen LogP contribution in [0.1, 0.15) is 56.9 Å². The van der Waals surface area contributed by atoms with E-state index in [1.165, 1.54) is 0 Å². The Morgan fingerprint density at radius 2 is 1.91 bits per heavy atom. The molecule has 1 aliphatic rings. The van der Waals surface area contributed by atoms with E-state index in [4.69, 9.17) is 9.47 Å². The molecule has 0 aromatic carbocycles. The predicted molar refractivity (Wildman–Crippen MR) is 137 cm³/mol. The largest absolute Gasteiger partial charge is 0.447 e. The monoisotopic (exact) mass is 496 g/mol. The number of carbonyl (C=O) groups is 1. The number of anilines is 2. The average molecular weight is 497 g/mol. The van der Waals surface area contributed by atoms with Gasteiger partial charge in [0.2, 0.25) is 5.95 Å². The van der Waals surface area contributed by atoms with Crippen molar-refractivity contribution in [1.29, 1.82) is 0 Å². The van der Waals surface area contributed by atoms with Crippen molar-refractivity contribution in [3.8, 4) is 10.6 Å². The standard InChI is InChI=1S/C25H32N6O3S/c1-14-8-9-18(11-26-14)22-27-12-20(35-22)16(3)29-23-28-15(2)10-21(30-23)31-19(13-33-24(31)32)17(4)34-25(5,6)7/h8-12,16-17,19H,13H2,1-7H3,(H,28,29,30)/t16-,17+,19+/m0/s1. The van der Waals surface area contributed by atoms with Gasteiger partial charge in [0.05, 0.1) is 17.7 Å². The Balaban J connectivity index is 1.53. The van der Waals surface area contributed by atoms with Gasteiger partial charge in [-0.1, -0.05) is 0 Å². The van der Waals surface area contributed by atoms with Crippen LogP contribution in [-0.2, 0) is 9.47 Å². The van der Waals surface area contributed by atoms with E-state index >= 15 is 0 Å². The zero-order valence-corrected chi connectivity index (χ0v) is 22.0. The molecule has 0 unspecified atom stereocenters. The van der Waals surface area contributed by atoms with Crippen molar-refractivity contribution in [3.63, 3.8) is 0 Å². The third-order valence-corrected chi connectivity index (χ3v) is 6.76. The number of thiazole rings is 1. The number of aryl methyl sites for hydroxylation is 2. The predicted octanol–water partition coefficient (Wildman–Crippen LogP) is 5.31. The number of rotatable bonds is 7. The van der Waals surface area contributed by atoms with Gasteiger partial charge in [0.1, 0.15) is 23.5 Å². The van der Waals surface area contributed by atoms with E-state index in [-0.39, 0.29) is 30.4 Å². The van der Waals surface area contributed by atoms with E-state index in [1.807, 2.05) is 73.0 Å². The van der Waals surface area contributed by atoms with E-state index in [1.54, 1.807) is 22.3 Å². The number of hydrogen-bond acceptors (Lipinski definition) is 9. The molecule has 1 aliphatic heterocycles. The summed E-state index contributed by atoms with van der Waals surface area (Å²) in [5.41, 5.74) is 2.35. The quantitative estimate of drug-likeness (QED) is 0.469. The maximum atomic E-state index is 12.6. The lowest BCUT2D eigenvalue weighted by Gasteiger charge is -2.31. The van der Waals surface area contributed by atoms with E-state index < -0.39 is 6.09 Å². The van der Waals surface area contributed by atoms with E-state index in [0.29, 0.717) is 11.8 Å². The number of carbonyl (C=O) groups excluding carboxylic acids is 1. The summed E-state index contributed by atoms with van der Waals surface area (Å²) in [6.45, 7) is 14.0. The zero-order chi connectivity index (χ0) is 25.3. The highest BCUT2D eigenvalue weighted by Crippen LogP contribution is 2.31. The summed E-state index contributed by atoms with van der Waals surface area (Å²) >= 11 is 1.59. The van der Waals surface area contributed by atoms with Gasteiger partial charge in [-0.25, -0.2) is 14.8 Å². The first-order valence-corrected chi connectivity index (χ1v) is 12.5. The fourth-order valence-corrected chi connectivity index (χ4v) is 4.81. The molecule has 1 amide bonds. The molecule has 3 aromatic heterocycles. The van der Waals surface area contributed by atoms with E-state index in [9.17, 15) is 4.79 Å². The van der Waals surface area contributed by atoms with Crippen LogP contribution < -0.4 is 10.2 Å². The molecule has 0 radical (unpaired) electrons. The molecule has 1 fully saturated rings. The molecule has 4 heterocycles. The summed E-state index contributed by atoms with van der Waals surface area (Å²) < 4.78 is 11.5. The van der Waals surface area contributed by atoms with E-state index in [0.717, 1.165) is 26.8 Å². The van der Waals surface area contributed by atoms with Crippen LogP contribution in [0.2, 0.25) is 0 Å².